The van der Waals surface area contributed by atoms with Crippen LogP contribution in [-0.4, -0.2) is 24.4 Å². The zero-order chi connectivity index (χ0) is 13.8. The van der Waals surface area contributed by atoms with Crippen molar-refractivity contribution in [3.05, 3.63) is 26.6 Å². The van der Waals surface area contributed by atoms with Gasteiger partial charge in [-0.2, -0.15) is 0 Å². The molecule has 0 aliphatic heterocycles. The fraction of sp³-hybridized carbons (Fsp3) is 0.571. The molecule has 3 nitrogen and oxygen atoms in total. The molecule has 1 aromatic carbocycles. The van der Waals surface area contributed by atoms with Crippen LogP contribution < -0.4 is 10.1 Å². The molecule has 1 aliphatic rings. The lowest BCUT2D eigenvalue weighted by atomic mass is 9.82. The minimum Gasteiger partial charge on any atom is -0.492 e. The highest BCUT2D eigenvalue weighted by Crippen LogP contribution is 2.33. The molecule has 0 aromatic heterocycles. The van der Waals surface area contributed by atoms with Gasteiger partial charge >= 0.3 is 0 Å². The standard InChI is InChI=1S/C14H19Br2NO2/c1-2-19-14-10(5-11(15)6-13(14)16)8-17-7-9-3-12(18)4-9/h5-6,9,12,17-18H,2-4,7-8H2,1H3. The topological polar surface area (TPSA) is 41.5 Å². The summed E-state index contributed by atoms with van der Waals surface area (Å²) in [6.07, 6.45) is 1.77. The Bertz CT molecular complexity index is 434. The molecular weight excluding hydrogens is 374 g/mol. The molecule has 0 saturated heterocycles. The van der Waals surface area contributed by atoms with Crippen molar-refractivity contribution in [3.8, 4) is 5.75 Å². The predicted molar refractivity (Wildman–Crippen MR) is 83.4 cm³/mol. The Labute approximate surface area is 131 Å². The minimum atomic E-state index is -0.0780. The van der Waals surface area contributed by atoms with Gasteiger partial charge in [0.1, 0.15) is 5.75 Å². The zero-order valence-electron chi connectivity index (χ0n) is 11.0. The van der Waals surface area contributed by atoms with Gasteiger partial charge in [-0.3, -0.25) is 0 Å². The van der Waals surface area contributed by atoms with Gasteiger partial charge in [-0.05, 0) is 60.3 Å². The third-order valence-corrected chi connectivity index (χ3v) is 4.38. The number of nitrogens with one attached hydrogen (secondary N) is 1. The number of hydrogen-bond acceptors (Lipinski definition) is 3. The van der Waals surface area contributed by atoms with E-state index in [9.17, 15) is 5.11 Å². The van der Waals surface area contributed by atoms with Crippen LogP contribution in [0.25, 0.3) is 0 Å². The quantitative estimate of drug-likeness (QED) is 0.778. The average molecular weight is 393 g/mol. The molecule has 2 rings (SSSR count). The number of ether oxygens (including phenoxy) is 1. The third kappa shape index (κ3) is 4.18. The highest BCUT2D eigenvalue weighted by Gasteiger charge is 2.26. The Balaban J connectivity index is 1.94. The summed E-state index contributed by atoms with van der Waals surface area (Å²) < 4.78 is 7.70. The van der Waals surface area contributed by atoms with E-state index in [4.69, 9.17) is 4.74 Å². The van der Waals surface area contributed by atoms with Crippen LogP contribution in [0, 0.1) is 5.92 Å². The van der Waals surface area contributed by atoms with Gasteiger partial charge in [0.15, 0.2) is 0 Å². The monoisotopic (exact) mass is 391 g/mol. The molecule has 1 aromatic rings. The molecule has 0 bridgehead atoms. The lowest BCUT2D eigenvalue weighted by Crippen LogP contribution is -2.35. The highest BCUT2D eigenvalue weighted by atomic mass is 79.9. The predicted octanol–water partition coefficient (Wildman–Crippen LogP) is 3.47. The Morgan fingerprint density at radius 3 is 2.74 bits per heavy atom. The first-order chi connectivity index (χ1) is 9.10. The maximum absolute atomic E-state index is 9.26. The fourth-order valence-corrected chi connectivity index (χ4v) is 3.76. The summed E-state index contributed by atoms with van der Waals surface area (Å²) in [7, 11) is 0. The van der Waals surface area contributed by atoms with Crippen LogP contribution >= 0.6 is 31.9 Å². The van der Waals surface area contributed by atoms with E-state index in [-0.39, 0.29) is 6.10 Å². The zero-order valence-corrected chi connectivity index (χ0v) is 14.1. The van der Waals surface area contributed by atoms with Crippen LogP contribution in [0.4, 0.5) is 0 Å². The molecule has 5 heteroatoms. The number of aliphatic hydroxyl groups is 1. The highest BCUT2D eigenvalue weighted by molar-refractivity contribution is 9.11. The van der Waals surface area contributed by atoms with E-state index in [1.165, 1.54) is 0 Å². The second-order valence-electron chi connectivity index (χ2n) is 4.93. The first-order valence-electron chi connectivity index (χ1n) is 6.59. The molecule has 1 saturated carbocycles. The summed E-state index contributed by atoms with van der Waals surface area (Å²) in [5.41, 5.74) is 1.14. The first-order valence-corrected chi connectivity index (χ1v) is 8.18. The van der Waals surface area contributed by atoms with Gasteiger partial charge in [0.25, 0.3) is 0 Å². The Kier molecular flexibility index (Phi) is 5.69. The van der Waals surface area contributed by atoms with E-state index in [1.807, 2.05) is 13.0 Å². The molecule has 106 valence electrons. The summed E-state index contributed by atoms with van der Waals surface area (Å²) in [5, 5.41) is 12.7. The van der Waals surface area contributed by atoms with E-state index >= 15 is 0 Å². The Morgan fingerprint density at radius 2 is 2.11 bits per heavy atom. The molecule has 0 heterocycles. The maximum atomic E-state index is 9.26. The van der Waals surface area contributed by atoms with Crippen molar-refractivity contribution in [3.63, 3.8) is 0 Å². The third-order valence-electron chi connectivity index (χ3n) is 3.33. The van der Waals surface area contributed by atoms with Crippen LogP contribution in [0.3, 0.4) is 0 Å². The average Bonchev–Trinajstić information content (AvgIpc) is 2.31. The first kappa shape index (κ1) is 15.3. The van der Waals surface area contributed by atoms with Crippen LogP contribution in [0.5, 0.6) is 5.75 Å². The van der Waals surface area contributed by atoms with Gasteiger partial charge in [0.05, 0.1) is 17.2 Å². The molecule has 0 atom stereocenters. The SMILES string of the molecule is CCOc1c(Br)cc(Br)cc1CNCC1CC(O)C1. The van der Waals surface area contributed by atoms with Gasteiger partial charge in [-0.1, -0.05) is 15.9 Å². The minimum absolute atomic E-state index is 0.0780. The normalized spacial score (nSPS) is 22.1. The molecule has 19 heavy (non-hydrogen) atoms. The summed E-state index contributed by atoms with van der Waals surface area (Å²) in [6, 6.07) is 4.08. The fourth-order valence-electron chi connectivity index (χ4n) is 2.33. The van der Waals surface area contributed by atoms with Gasteiger partial charge in [0, 0.05) is 16.6 Å². The van der Waals surface area contributed by atoms with Crippen molar-refractivity contribution in [2.75, 3.05) is 13.2 Å². The molecule has 0 spiro atoms. The Hall–Kier alpha value is -0.100. The lowest BCUT2D eigenvalue weighted by molar-refractivity contribution is 0.0429. The summed E-state index contributed by atoms with van der Waals surface area (Å²) in [6.45, 7) is 4.37. The van der Waals surface area contributed by atoms with Crippen molar-refractivity contribution in [1.82, 2.24) is 5.32 Å². The molecular formula is C14H19Br2NO2. The largest absolute Gasteiger partial charge is 0.492 e. The molecule has 0 unspecified atom stereocenters. The van der Waals surface area contributed by atoms with Crippen LogP contribution in [0.15, 0.2) is 21.1 Å². The second-order valence-corrected chi connectivity index (χ2v) is 6.70. The van der Waals surface area contributed by atoms with Gasteiger partial charge in [-0.15, -0.1) is 0 Å². The van der Waals surface area contributed by atoms with E-state index in [2.05, 4.69) is 43.2 Å². The smallest absolute Gasteiger partial charge is 0.138 e. The van der Waals surface area contributed by atoms with Gasteiger partial charge in [-0.25, -0.2) is 0 Å². The van der Waals surface area contributed by atoms with E-state index in [0.29, 0.717) is 12.5 Å². The van der Waals surface area contributed by atoms with E-state index in [1.54, 1.807) is 0 Å². The van der Waals surface area contributed by atoms with Crippen molar-refractivity contribution in [2.45, 2.75) is 32.4 Å². The van der Waals surface area contributed by atoms with Gasteiger partial charge in [0.2, 0.25) is 0 Å². The summed E-state index contributed by atoms with van der Waals surface area (Å²) in [4.78, 5) is 0. The van der Waals surface area contributed by atoms with Crippen molar-refractivity contribution < 1.29 is 9.84 Å². The number of halogens is 2. The maximum Gasteiger partial charge on any atom is 0.138 e. The van der Waals surface area contributed by atoms with E-state index in [0.717, 1.165) is 46.2 Å². The molecule has 1 fully saturated rings. The molecule has 0 radical (unpaired) electrons. The van der Waals surface area contributed by atoms with Crippen LogP contribution in [0.2, 0.25) is 0 Å². The lowest BCUT2D eigenvalue weighted by Gasteiger charge is -2.31. The summed E-state index contributed by atoms with van der Waals surface area (Å²) >= 11 is 7.04. The van der Waals surface area contributed by atoms with Crippen LogP contribution in [0.1, 0.15) is 25.3 Å². The number of rotatable bonds is 6. The number of benzene rings is 1. The van der Waals surface area contributed by atoms with Crippen molar-refractivity contribution in [1.29, 1.82) is 0 Å². The molecule has 0 amide bonds. The summed E-state index contributed by atoms with van der Waals surface area (Å²) in [5.74, 6) is 1.52. The molecule has 2 N–H and O–H groups in total. The Morgan fingerprint density at radius 1 is 1.37 bits per heavy atom. The van der Waals surface area contributed by atoms with Crippen LogP contribution in [-0.2, 0) is 6.54 Å². The van der Waals surface area contributed by atoms with Gasteiger partial charge < -0.3 is 15.2 Å². The van der Waals surface area contributed by atoms with Crippen molar-refractivity contribution in [2.24, 2.45) is 5.92 Å². The second kappa shape index (κ2) is 7.07. The van der Waals surface area contributed by atoms with E-state index < -0.39 is 0 Å². The number of hydrogen-bond donors (Lipinski definition) is 2. The number of aliphatic hydroxyl groups excluding tert-OH is 1. The van der Waals surface area contributed by atoms with Crippen molar-refractivity contribution >= 4 is 31.9 Å². The molecule has 1 aliphatic carbocycles.